The van der Waals surface area contributed by atoms with Crippen molar-refractivity contribution in [3.63, 3.8) is 0 Å². The Hall–Kier alpha value is -2.60. The van der Waals surface area contributed by atoms with Crippen molar-refractivity contribution < 1.29 is 21.3 Å². The Morgan fingerprint density at radius 1 is 0.653 bits per heavy atom. The molecule has 0 aliphatic heterocycles. The van der Waals surface area contributed by atoms with Crippen LogP contribution in [0.25, 0.3) is 0 Å². The van der Waals surface area contributed by atoms with Crippen molar-refractivity contribution in [3.8, 4) is 0 Å². The number of rotatable bonds is 4. The second-order valence-corrected chi connectivity index (χ2v) is 23.8. The molecule has 0 aromatic heterocycles. The van der Waals surface area contributed by atoms with Gasteiger partial charge < -0.3 is 0 Å². The summed E-state index contributed by atoms with van der Waals surface area (Å²) < 4.78 is 3.81. The van der Waals surface area contributed by atoms with Gasteiger partial charge in [0.05, 0.1) is 0 Å². The Morgan fingerprint density at radius 3 is 1.84 bits per heavy atom. The first-order valence-electron chi connectivity index (χ1n) is 18.3. The molecule has 2 aromatic rings. The van der Waals surface area contributed by atoms with E-state index in [2.05, 4.69) is 195 Å². The maximum atomic E-state index is 6.60. The maximum absolute atomic E-state index is 6.60. The van der Waals surface area contributed by atoms with Gasteiger partial charge in [0, 0.05) is 0 Å². The Kier molecular flexibility index (Phi) is 7.50. The molecule has 0 radical (unpaired) electrons. The molecule has 2 heteroatoms. The van der Waals surface area contributed by atoms with E-state index >= 15 is 0 Å². The number of allylic oxidation sites excluding steroid dienone is 16. The van der Waals surface area contributed by atoms with E-state index in [1.165, 1.54) is 11.1 Å². The van der Waals surface area contributed by atoms with Gasteiger partial charge in [0.15, 0.2) is 0 Å². The first-order valence-corrected chi connectivity index (χ1v) is 22.5. The van der Waals surface area contributed by atoms with Crippen LogP contribution in [-0.2, 0) is 21.3 Å². The van der Waals surface area contributed by atoms with Crippen LogP contribution in [0.3, 0.4) is 0 Å². The zero-order chi connectivity index (χ0) is 34.7. The Morgan fingerprint density at radius 2 is 1.22 bits per heavy atom. The number of hydrogen-bond donors (Lipinski definition) is 0. The first-order chi connectivity index (χ1) is 23.3. The third kappa shape index (κ3) is 3.73. The molecule has 2 saturated carbocycles. The molecule has 6 aliphatic carbocycles. The van der Waals surface area contributed by atoms with Crippen molar-refractivity contribution in [2.75, 3.05) is 0 Å². The van der Waals surface area contributed by atoms with Gasteiger partial charge in [0.25, 0.3) is 0 Å². The van der Waals surface area contributed by atoms with Crippen LogP contribution < -0.4 is 0 Å². The molecular weight excluding hydrogens is 691 g/mol. The summed E-state index contributed by atoms with van der Waals surface area (Å²) in [6.07, 6.45) is 35.9. The van der Waals surface area contributed by atoms with Crippen LogP contribution in [-0.4, -0.2) is 3.21 Å². The van der Waals surface area contributed by atoms with Gasteiger partial charge in [-0.3, -0.25) is 0 Å². The second-order valence-electron chi connectivity index (χ2n) is 17.0. The third-order valence-electron chi connectivity index (χ3n) is 16.4. The van der Waals surface area contributed by atoms with E-state index in [1.807, 2.05) is 0 Å². The summed E-state index contributed by atoms with van der Waals surface area (Å²) in [5, 5.41) is 0.797. The predicted octanol–water partition coefficient (Wildman–Crippen LogP) is 12.6. The van der Waals surface area contributed by atoms with E-state index in [4.69, 9.17) is 11.6 Å². The van der Waals surface area contributed by atoms with Crippen LogP contribution in [0.1, 0.15) is 72.9 Å². The normalized spacial score (nSPS) is 43.0. The molecule has 9 unspecified atom stereocenters. The molecule has 0 saturated heterocycles. The summed E-state index contributed by atoms with van der Waals surface area (Å²) in [5.74, 6) is 0.397. The van der Waals surface area contributed by atoms with Gasteiger partial charge in [0.1, 0.15) is 0 Å². The molecule has 0 bridgehead atoms. The molecule has 0 N–H and O–H groups in total. The van der Waals surface area contributed by atoms with Crippen molar-refractivity contribution in [3.05, 3.63) is 165 Å². The van der Waals surface area contributed by atoms with Crippen molar-refractivity contribution in [1.29, 1.82) is 0 Å². The van der Waals surface area contributed by atoms with Crippen molar-refractivity contribution in [1.82, 2.24) is 0 Å². The van der Waals surface area contributed by atoms with Crippen LogP contribution in [0.15, 0.2) is 149 Å². The van der Waals surface area contributed by atoms with Gasteiger partial charge in [-0.1, -0.05) is 0 Å². The van der Waals surface area contributed by atoms with Crippen LogP contribution >= 0.6 is 11.6 Å². The van der Waals surface area contributed by atoms with Gasteiger partial charge in [-0.05, 0) is 0 Å². The quantitative estimate of drug-likeness (QED) is 0.293. The van der Waals surface area contributed by atoms with Gasteiger partial charge in [-0.2, -0.15) is 0 Å². The van der Waals surface area contributed by atoms with E-state index in [9.17, 15) is 0 Å². The molecule has 6 aliphatic rings. The molecular formula is C47H51ClZr. The zero-order valence-corrected chi connectivity index (χ0v) is 33.7. The molecule has 2 fully saturated rings. The summed E-state index contributed by atoms with van der Waals surface area (Å²) in [7, 11) is 0. The second kappa shape index (κ2) is 11.0. The molecule has 9 atom stereocenters. The summed E-state index contributed by atoms with van der Waals surface area (Å²) in [6.45, 7) is 21.2. The summed E-state index contributed by atoms with van der Waals surface area (Å²) in [4.78, 5) is 0. The fraction of sp³-hybridized carbons (Fsp3) is 0.383. The summed E-state index contributed by atoms with van der Waals surface area (Å²) >= 11 is 3.64. The number of fused-ring (bicyclic) bond motifs is 8. The standard InChI is InChI=1S/C29H37.C13H9Cl.C5H5.Zr/c1-21-14-13-15-22-20-27(6)25(4)18-10-9-16-23(25,2)24(3)17-11-12-19-26(24,5)29(27,8)28(21,22)7;14-13-8-6-12(7-9-13)10-11-4-2-1-3-5-11;1-2-4-5-3-1;/h9-20,22H,1-8H3;1-9H;1-3H,4H2;. The minimum absolute atomic E-state index is 0.0633. The fourth-order valence-electron chi connectivity index (χ4n) is 13.1. The molecule has 0 nitrogen and oxygen atoms in total. The SMILES string of the molecule is CC1=CC=CC2[CH]([Zr]([C]3=CC=CC3)=[C](c3ccccc3)c3ccc(Cl)cc3)C3(C)C4(C)C=CC=CC4(C)C4(C)C=CC=CC4(C)C3(C)C12C. The predicted molar refractivity (Wildman–Crippen MR) is 206 cm³/mol. The third-order valence-corrected chi connectivity index (χ3v) is 25.8. The van der Waals surface area contributed by atoms with Crippen molar-refractivity contribution >= 4 is 14.8 Å². The average Bonchev–Trinajstić information content (AvgIpc) is 3.68. The molecule has 0 spiro atoms. The molecule has 8 rings (SSSR count). The van der Waals surface area contributed by atoms with Crippen LogP contribution in [0.4, 0.5) is 0 Å². The van der Waals surface area contributed by atoms with Crippen molar-refractivity contribution in [2.45, 2.75) is 65.4 Å². The molecule has 250 valence electrons. The average molecular weight is 743 g/mol. The zero-order valence-electron chi connectivity index (χ0n) is 30.5. The van der Waals surface area contributed by atoms with Gasteiger partial charge in [0.2, 0.25) is 0 Å². The van der Waals surface area contributed by atoms with Crippen LogP contribution in [0.5, 0.6) is 0 Å². The minimum atomic E-state index is -2.96. The Balaban J connectivity index is 1.58. The number of halogens is 1. The summed E-state index contributed by atoms with van der Waals surface area (Å²) in [6, 6.07) is 20.3. The van der Waals surface area contributed by atoms with Crippen molar-refractivity contribution in [2.24, 2.45) is 43.8 Å². The molecule has 0 amide bonds. The van der Waals surface area contributed by atoms with Gasteiger partial charge >= 0.3 is 310 Å². The monoisotopic (exact) mass is 740 g/mol. The Bertz CT molecular complexity index is 2020. The van der Waals surface area contributed by atoms with Gasteiger partial charge in [-0.15, -0.1) is 0 Å². The molecule has 49 heavy (non-hydrogen) atoms. The van der Waals surface area contributed by atoms with E-state index in [0.717, 1.165) is 11.4 Å². The van der Waals surface area contributed by atoms with Crippen LogP contribution in [0.2, 0.25) is 8.65 Å². The molecule has 2 aromatic carbocycles. The van der Waals surface area contributed by atoms with Gasteiger partial charge in [-0.25, -0.2) is 0 Å². The van der Waals surface area contributed by atoms with E-state index < -0.39 is 21.3 Å². The Labute approximate surface area is 308 Å². The van der Waals surface area contributed by atoms with E-state index in [0.29, 0.717) is 9.54 Å². The van der Waals surface area contributed by atoms with Crippen LogP contribution in [0, 0.1) is 43.8 Å². The topological polar surface area (TPSA) is 0 Å². The fourth-order valence-corrected chi connectivity index (χ4v) is 24.4. The first kappa shape index (κ1) is 33.5. The van der Waals surface area contributed by atoms with E-state index in [-0.39, 0.29) is 37.9 Å². The summed E-state index contributed by atoms with van der Waals surface area (Å²) in [5.41, 5.74) is 3.54. The van der Waals surface area contributed by atoms with E-state index in [1.54, 1.807) is 12.1 Å². The number of hydrogen-bond acceptors (Lipinski definition) is 0. The number of benzene rings is 2. The molecule has 0 heterocycles.